The van der Waals surface area contributed by atoms with Crippen LogP contribution in [0.4, 0.5) is 0 Å². The first-order chi connectivity index (χ1) is 8.68. The molecule has 0 saturated heterocycles. The number of aromatic nitrogens is 2. The van der Waals surface area contributed by atoms with Crippen LogP contribution in [0.3, 0.4) is 0 Å². The van der Waals surface area contributed by atoms with Crippen LogP contribution in [0.25, 0.3) is 22.2 Å². The van der Waals surface area contributed by atoms with Crippen LogP contribution in [0, 0.1) is 6.92 Å². The van der Waals surface area contributed by atoms with E-state index in [2.05, 4.69) is 4.98 Å². The van der Waals surface area contributed by atoms with E-state index in [0.717, 1.165) is 22.5 Å². The monoisotopic (exact) mass is 238 g/mol. The Morgan fingerprint density at radius 1 is 1.06 bits per heavy atom. The first kappa shape index (κ1) is 10.8. The fourth-order valence-corrected chi connectivity index (χ4v) is 2.21. The molecule has 3 heteroatoms. The maximum Gasteiger partial charge on any atom is 0.151 e. The average Bonchev–Trinajstić information content (AvgIpc) is 2.69. The minimum atomic E-state index is 0.252. The molecule has 0 fully saturated rings. The van der Waals surface area contributed by atoms with Gasteiger partial charge in [-0.2, -0.15) is 0 Å². The second-order valence-electron chi connectivity index (χ2n) is 4.41. The van der Waals surface area contributed by atoms with Gasteiger partial charge in [-0.1, -0.05) is 30.3 Å². The molecule has 0 spiro atoms. The van der Waals surface area contributed by atoms with Crippen molar-refractivity contribution in [2.75, 3.05) is 0 Å². The molecule has 1 aromatic heterocycles. The van der Waals surface area contributed by atoms with Crippen molar-refractivity contribution < 1.29 is 5.11 Å². The molecule has 3 rings (SSSR count). The molecule has 18 heavy (non-hydrogen) atoms. The molecule has 0 aliphatic carbocycles. The number of phenols is 1. The molecule has 1 N–H and O–H groups in total. The molecular weight excluding hydrogens is 224 g/mol. The number of fused-ring (bicyclic) bond motifs is 1. The summed E-state index contributed by atoms with van der Waals surface area (Å²) in [4.78, 5) is 4.41. The quantitative estimate of drug-likeness (QED) is 0.706. The maximum absolute atomic E-state index is 10.4. The van der Waals surface area contributed by atoms with Crippen LogP contribution in [0.5, 0.6) is 5.75 Å². The number of benzene rings is 2. The summed E-state index contributed by atoms with van der Waals surface area (Å²) in [5.41, 5.74) is 3.43. The number of hydrogen-bond donors (Lipinski definition) is 1. The summed E-state index contributed by atoms with van der Waals surface area (Å²) in [7, 11) is 1.95. The number of nitrogens with zero attached hydrogens (tertiary/aromatic N) is 2. The Bertz CT molecular complexity index is 714. The zero-order chi connectivity index (χ0) is 12.7. The highest BCUT2D eigenvalue weighted by Crippen LogP contribution is 2.35. The molecule has 3 nitrogen and oxygen atoms in total. The van der Waals surface area contributed by atoms with E-state index in [9.17, 15) is 5.11 Å². The van der Waals surface area contributed by atoms with Gasteiger partial charge in [-0.05, 0) is 24.6 Å². The Balaban J connectivity index is 2.30. The van der Waals surface area contributed by atoms with Crippen LogP contribution >= 0.6 is 0 Å². The molecule has 1 heterocycles. The van der Waals surface area contributed by atoms with Crippen LogP contribution in [0.1, 0.15) is 5.82 Å². The van der Waals surface area contributed by atoms with Gasteiger partial charge in [-0.3, -0.25) is 0 Å². The molecule has 0 amide bonds. The van der Waals surface area contributed by atoms with E-state index in [4.69, 9.17) is 0 Å². The average molecular weight is 238 g/mol. The van der Waals surface area contributed by atoms with Crippen molar-refractivity contribution >= 4 is 11.0 Å². The van der Waals surface area contributed by atoms with Crippen molar-refractivity contribution in [1.82, 2.24) is 9.55 Å². The summed E-state index contributed by atoms with van der Waals surface area (Å²) in [6.45, 7) is 1.93. The summed E-state index contributed by atoms with van der Waals surface area (Å²) >= 11 is 0. The molecule has 0 aliphatic heterocycles. The SMILES string of the molecule is Cc1nc2c(O)c(-c3ccccc3)ccc2n1C. The predicted molar refractivity (Wildman–Crippen MR) is 72.6 cm³/mol. The van der Waals surface area contributed by atoms with Gasteiger partial charge in [0.15, 0.2) is 5.75 Å². The fraction of sp³-hybridized carbons (Fsp3) is 0.133. The van der Waals surface area contributed by atoms with Crippen molar-refractivity contribution in [3.05, 3.63) is 48.3 Å². The third kappa shape index (κ3) is 1.48. The number of rotatable bonds is 1. The molecule has 0 aliphatic rings. The third-order valence-electron chi connectivity index (χ3n) is 3.34. The molecule has 0 saturated carbocycles. The molecule has 2 aromatic carbocycles. The number of aryl methyl sites for hydroxylation is 2. The fourth-order valence-electron chi connectivity index (χ4n) is 2.21. The molecule has 0 atom stereocenters. The molecule has 3 aromatic rings. The van der Waals surface area contributed by atoms with Gasteiger partial charge in [-0.25, -0.2) is 4.98 Å². The minimum Gasteiger partial charge on any atom is -0.505 e. The maximum atomic E-state index is 10.4. The standard InChI is InChI=1S/C15H14N2O/c1-10-16-14-13(17(10)2)9-8-12(15(14)18)11-6-4-3-5-7-11/h3-9,18H,1-2H3. The van der Waals surface area contributed by atoms with Gasteiger partial charge in [0.05, 0.1) is 5.52 Å². The van der Waals surface area contributed by atoms with Gasteiger partial charge in [0.2, 0.25) is 0 Å². The van der Waals surface area contributed by atoms with Crippen LogP contribution in [-0.2, 0) is 7.05 Å². The highest BCUT2D eigenvalue weighted by molar-refractivity contribution is 5.90. The van der Waals surface area contributed by atoms with Gasteiger partial charge < -0.3 is 9.67 Å². The minimum absolute atomic E-state index is 0.252. The zero-order valence-corrected chi connectivity index (χ0v) is 10.4. The van der Waals surface area contributed by atoms with Crippen LogP contribution in [0.15, 0.2) is 42.5 Å². The van der Waals surface area contributed by atoms with Gasteiger partial charge in [0, 0.05) is 12.6 Å². The van der Waals surface area contributed by atoms with E-state index in [0.29, 0.717) is 5.52 Å². The number of phenolic OH excluding ortho intramolecular Hbond substituents is 1. The Morgan fingerprint density at radius 2 is 1.78 bits per heavy atom. The van der Waals surface area contributed by atoms with Crippen LogP contribution < -0.4 is 0 Å². The second kappa shape index (κ2) is 3.88. The van der Waals surface area contributed by atoms with Gasteiger partial charge >= 0.3 is 0 Å². The molecular formula is C15H14N2O. The lowest BCUT2D eigenvalue weighted by Crippen LogP contribution is -1.89. The predicted octanol–water partition coefficient (Wildman–Crippen LogP) is 3.25. The third-order valence-corrected chi connectivity index (χ3v) is 3.34. The summed E-state index contributed by atoms with van der Waals surface area (Å²) in [6.07, 6.45) is 0. The molecule has 0 unspecified atom stereocenters. The summed E-state index contributed by atoms with van der Waals surface area (Å²) in [5.74, 6) is 1.15. The van der Waals surface area contributed by atoms with Crippen molar-refractivity contribution in [2.24, 2.45) is 7.05 Å². The molecule has 0 bridgehead atoms. The number of aromatic hydroxyl groups is 1. The van der Waals surface area contributed by atoms with Crippen molar-refractivity contribution in [2.45, 2.75) is 6.92 Å². The van der Waals surface area contributed by atoms with Gasteiger partial charge in [-0.15, -0.1) is 0 Å². The van der Waals surface area contributed by atoms with Crippen molar-refractivity contribution in [1.29, 1.82) is 0 Å². The van der Waals surface area contributed by atoms with Crippen LogP contribution in [-0.4, -0.2) is 14.7 Å². The van der Waals surface area contributed by atoms with E-state index in [1.807, 2.05) is 61.0 Å². The Morgan fingerprint density at radius 3 is 2.50 bits per heavy atom. The van der Waals surface area contributed by atoms with Crippen molar-refractivity contribution in [3.63, 3.8) is 0 Å². The normalized spacial score (nSPS) is 11.0. The lowest BCUT2D eigenvalue weighted by Gasteiger charge is -2.05. The summed E-state index contributed by atoms with van der Waals surface area (Å²) in [6, 6.07) is 13.8. The second-order valence-corrected chi connectivity index (χ2v) is 4.41. The smallest absolute Gasteiger partial charge is 0.151 e. The first-order valence-electron chi connectivity index (χ1n) is 5.89. The zero-order valence-electron chi connectivity index (χ0n) is 10.4. The van der Waals surface area contributed by atoms with E-state index < -0.39 is 0 Å². The van der Waals surface area contributed by atoms with Crippen molar-refractivity contribution in [3.8, 4) is 16.9 Å². The first-order valence-corrected chi connectivity index (χ1v) is 5.89. The Hall–Kier alpha value is -2.29. The topological polar surface area (TPSA) is 38.1 Å². The number of imidazole rings is 1. The Kier molecular flexibility index (Phi) is 2.33. The summed E-state index contributed by atoms with van der Waals surface area (Å²) < 4.78 is 1.98. The van der Waals surface area contributed by atoms with E-state index in [1.165, 1.54) is 0 Å². The summed E-state index contributed by atoms with van der Waals surface area (Å²) in [5, 5.41) is 10.4. The highest BCUT2D eigenvalue weighted by atomic mass is 16.3. The van der Waals surface area contributed by atoms with E-state index in [1.54, 1.807) is 0 Å². The Labute approximate surface area is 105 Å². The van der Waals surface area contributed by atoms with Crippen LogP contribution in [0.2, 0.25) is 0 Å². The van der Waals surface area contributed by atoms with Gasteiger partial charge in [0.1, 0.15) is 11.3 Å². The molecule has 0 radical (unpaired) electrons. The van der Waals surface area contributed by atoms with E-state index in [-0.39, 0.29) is 5.75 Å². The lowest BCUT2D eigenvalue weighted by molar-refractivity contribution is 0.482. The molecule has 90 valence electrons. The lowest BCUT2D eigenvalue weighted by atomic mass is 10.0. The van der Waals surface area contributed by atoms with E-state index >= 15 is 0 Å². The number of hydrogen-bond acceptors (Lipinski definition) is 2. The largest absolute Gasteiger partial charge is 0.505 e. The van der Waals surface area contributed by atoms with Gasteiger partial charge in [0.25, 0.3) is 0 Å². The highest BCUT2D eigenvalue weighted by Gasteiger charge is 2.13.